The normalized spacial score (nSPS) is 26.0. The highest BCUT2D eigenvalue weighted by Gasteiger charge is 2.15. The zero-order chi connectivity index (χ0) is 8.93. The molecule has 0 bridgehead atoms. The summed E-state index contributed by atoms with van der Waals surface area (Å²) in [5.41, 5.74) is 0. The molecule has 15 heavy (non-hydrogen) atoms. The molecule has 2 aliphatic rings. The van der Waals surface area contributed by atoms with Gasteiger partial charge < -0.3 is 15.0 Å². The van der Waals surface area contributed by atoms with Gasteiger partial charge in [-0.15, -0.1) is 24.8 Å². The van der Waals surface area contributed by atoms with Crippen molar-refractivity contribution in [1.82, 2.24) is 10.2 Å². The van der Waals surface area contributed by atoms with Crippen LogP contribution in [0.4, 0.5) is 0 Å². The van der Waals surface area contributed by atoms with Crippen LogP contribution < -0.4 is 5.32 Å². The SMILES string of the molecule is C1CCN(CCOC2CCNC2)C1.Cl.Cl. The Hall–Kier alpha value is 0.460. The highest BCUT2D eigenvalue weighted by molar-refractivity contribution is 5.85. The molecule has 2 saturated heterocycles. The van der Waals surface area contributed by atoms with Crippen LogP contribution in [0.2, 0.25) is 0 Å². The molecule has 2 aliphatic heterocycles. The lowest BCUT2D eigenvalue weighted by atomic mass is 10.3. The fraction of sp³-hybridized carbons (Fsp3) is 1.00. The summed E-state index contributed by atoms with van der Waals surface area (Å²) >= 11 is 0. The Morgan fingerprint density at radius 3 is 2.53 bits per heavy atom. The summed E-state index contributed by atoms with van der Waals surface area (Å²) in [5, 5.41) is 3.31. The maximum atomic E-state index is 5.76. The standard InChI is InChI=1S/C10H20N2O.2ClH/c1-2-6-12(5-1)7-8-13-10-3-4-11-9-10;;/h10-11H,1-9H2;2*1H. The second-order valence-electron chi connectivity index (χ2n) is 4.03. The quantitative estimate of drug-likeness (QED) is 0.821. The lowest BCUT2D eigenvalue weighted by Gasteiger charge is -2.16. The van der Waals surface area contributed by atoms with E-state index in [1.807, 2.05) is 0 Å². The maximum absolute atomic E-state index is 5.76. The Balaban J connectivity index is 0.000000980. The van der Waals surface area contributed by atoms with Gasteiger partial charge in [-0.1, -0.05) is 0 Å². The zero-order valence-electron chi connectivity index (χ0n) is 9.11. The molecule has 2 heterocycles. The molecule has 1 unspecified atom stereocenters. The summed E-state index contributed by atoms with van der Waals surface area (Å²) in [4.78, 5) is 2.50. The first-order chi connectivity index (χ1) is 6.45. The first kappa shape index (κ1) is 15.5. The Morgan fingerprint density at radius 2 is 1.93 bits per heavy atom. The van der Waals surface area contributed by atoms with Crippen LogP contribution in [0, 0.1) is 0 Å². The molecule has 0 spiro atoms. The molecule has 5 heteroatoms. The maximum Gasteiger partial charge on any atom is 0.0712 e. The first-order valence-corrected chi connectivity index (χ1v) is 5.50. The van der Waals surface area contributed by atoms with Gasteiger partial charge in [-0.25, -0.2) is 0 Å². The van der Waals surface area contributed by atoms with Gasteiger partial charge in [-0.05, 0) is 38.9 Å². The smallest absolute Gasteiger partial charge is 0.0712 e. The van der Waals surface area contributed by atoms with Gasteiger partial charge in [0.2, 0.25) is 0 Å². The molecule has 0 saturated carbocycles. The molecule has 0 aromatic heterocycles. The van der Waals surface area contributed by atoms with Gasteiger partial charge in [0.15, 0.2) is 0 Å². The van der Waals surface area contributed by atoms with E-state index in [1.165, 1.54) is 32.4 Å². The molecule has 3 nitrogen and oxygen atoms in total. The summed E-state index contributed by atoms with van der Waals surface area (Å²) in [7, 11) is 0. The molecule has 0 aromatic carbocycles. The van der Waals surface area contributed by atoms with Gasteiger partial charge >= 0.3 is 0 Å². The Labute approximate surface area is 105 Å². The number of nitrogens with zero attached hydrogens (tertiary/aromatic N) is 1. The summed E-state index contributed by atoms with van der Waals surface area (Å²) in [6.45, 7) is 6.82. The lowest BCUT2D eigenvalue weighted by molar-refractivity contribution is 0.0532. The monoisotopic (exact) mass is 256 g/mol. The minimum Gasteiger partial charge on any atom is -0.376 e. The van der Waals surface area contributed by atoms with Crippen molar-refractivity contribution in [2.24, 2.45) is 0 Å². The summed E-state index contributed by atoms with van der Waals surface area (Å²) < 4.78 is 5.76. The molecule has 0 radical (unpaired) electrons. The minimum atomic E-state index is 0. The van der Waals surface area contributed by atoms with Crippen LogP contribution in [0.1, 0.15) is 19.3 Å². The number of likely N-dealkylation sites (tertiary alicyclic amines) is 1. The van der Waals surface area contributed by atoms with Crippen LogP contribution in [-0.4, -0.2) is 50.3 Å². The summed E-state index contributed by atoms with van der Waals surface area (Å²) in [5.74, 6) is 0. The number of nitrogens with one attached hydrogen (secondary N) is 1. The highest BCUT2D eigenvalue weighted by Crippen LogP contribution is 2.07. The van der Waals surface area contributed by atoms with Gasteiger partial charge in [-0.2, -0.15) is 0 Å². The Bertz CT molecular complexity index is 132. The van der Waals surface area contributed by atoms with E-state index in [0.717, 1.165) is 26.2 Å². The van der Waals surface area contributed by atoms with E-state index in [9.17, 15) is 0 Å². The number of ether oxygens (including phenoxy) is 1. The highest BCUT2D eigenvalue weighted by atomic mass is 35.5. The number of rotatable bonds is 4. The van der Waals surface area contributed by atoms with E-state index in [1.54, 1.807) is 0 Å². The van der Waals surface area contributed by atoms with Crippen LogP contribution >= 0.6 is 24.8 Å². The van der Waals surface area contributed by atoms with E-state index in [4.69, 9.17) is 4.74 Å². The molecule has 1 N–H and O–H groups in total. The van der Waals surface area contributed by atoms with Crippen molar-refractivity contribution in [2.45, 2.75) is 25.4 Å². The van der Waals surface area contributed by atoms with Crippen LogP contribution in [-0.2, 0) is 4.74 Å². The second-order valence-corrected chi connectivity index (χ2v) is 4.03. The van der Waals surface area contributed by atoms with Crippen molar-refractivity contribution < 1.29 is 4.74 Å². The van der Waals surface area contributed by atoms with Crippen LogP contribution in [0.3, 0.4) is 0 Å². The van der Waals surface area contributed by atoms with Gasteiger partial charge in [0.1, 0.15) is 0 Å². The van der Waals surface area contributed by atoms with E-state index in [-0.39, 0.29) is 24.8 Å². The molecule has 1 atom stereocenters. The fourth-order valence-corrected chi connectivity index (χ4v) is 2.13. The average molecular weight is 257 g/mol. The second kappa shape index (κ2) is 8.59. The largest absolute Gasteiger partial charge is 0.376 e. The van der Waals surface area contributed by atoms with Crippen molar-refractivity contribution in [3.8, 4) is 0 Å². The lowest BCUT2D eigenvalue weighted by Crippen LogP contribution is -2.27. The van der Waals surface area contributed by atoms with Gasteiger partial charge in [0, 0.05) is 13.1 Å². The number of hydrogen-bond donors (Lipinski definition) is 1. The number of hydrogen-bond acceptors (Lipinski definition) is 3. The molecular formula is C10H22Cl2N2O. The van der Waals surface area contributed by atoms with Crippen molar-refractivity contribution in [1.29, 1.82) is 0 Å². The first-order valence-electron chi connectivity index (χ1n) is 5.50. The third-order valence-corrected chi connectivity index (χ3v) is 2.97. The van der Waals surface area contributed by atoms with E-state index < -0.39 is 0 Å². The van der Waals surface area contributed by atoms with E-state index >= 15 is 0 Å². The molecule has 2 rings (SSSR count). The van der Waals surface area contributed by atoms with Crippen molar-refractivity contribution in [3.05, 3.63) is 0 Å². The Kier molecular flexibility index (Phi) is 8.86. The van der Waals surface area contributed by atoms with Crippen molar-refractivity contribution in [2.75, 3.05) is 39.3 Å². The van der Waals surface area contributed by atoms with Crippen molar-refractivity contribution >= 4 is 24.8 Å². The Morgan fingerprint density at radius 1 is 1.20 bits per heavy atom. The van der Waals surface area contributed by atoms with E-state index in [2.05, 4.69) is 10.2 Å². The zero-order valence-corrected chi connectivity index (χ0v) is 10.7. The van der Waals surface area contributed by atoms with Gasteiger partial charge in [0.05, 0.1) is 12.7 Å². The topological polar surface area (TPSA) is 24.5 Å². The fourth-order valence-electron chi connectivity index (χ4n) is 2.13. The third-order valence-electron chi connectivity index (χ3n) is 2.97. The molecule has 92 valence electrons. The summed E-state index contributed by atoms with van der Waals surface area (Å²) in [6.07, 6.45) is 4.44. The molecule has 0 aromatic rings. The number of halogens is 2. The van der Waals surface area contributed by atoms with Crippen LogP contribution in [0.15, 0.2) is 0 Å². The van der Waals surface area contributed by atoms with Crippen LogP contribution in [0.5, 0.6) is 0 Å². The molecule has 2 fully saturated rings. The average Bonchev–Trinajstić information content (AvgIpc) is 2.75. The summed E-state index contributed by atoms with van der Waals surface area (Å²) in [6, 6.07) is 0. The van der Waals surface area contributed by atoms with E-state index in [0.29, 0.717) is 6.10 Å². The van der Waals surface area contributed by atoms with Crippen LogP contribution in [0.25, 0.3) is 0 Å². The minimum absolute atomic E-state index is 0. The van der Waals surface area contributed by atoms with Crippen molar-refractivity contribution in [3.63, 3.8) is 0 Å². The molecular weight excluding hydrogens is 235 g/mol. The van der Waals surface area contributed by atoms with Gasteiger partial charge in [0.25, 0.3) is 0 Å². The molecule has 0 amide bonds. The molecule has 0 aliphatic carbocycles. The van der Waals surface area contributed by atoms with Gasteiger partial charge in [-0.3, -0.25) is 0 Å². The predicted octanol–water partition coefficient (Wildman–Crippen LogP) is 1.30. The third kappa shape index (κ3) is 5.36. The predicted molar refractivity (Wildman–Crippen MR) is 67.4 cm³/mol.